The molecule has 1 atom stereocenters. The highest BCUT2D eigenvalue weighted by Crippen LogP contribution is 2.43. The first-order valence-corrected chi connectivity index (χ1v) is 10.6. The largest absolute Gasteiger partial charge is 0.507 e. The number of aliphatic hydroxyl groups is 1. The summed E-state index contributed by atoms with van der Waals surface area (Å²) in [6, 6.07) is 14.1. The molecule has 1 aromatic heterocycles. The van der Waals surface area contributed by atoms with Crippen molar-refractivity contribution >= 4 is 34.7 Å². The number of halogens is 1. The second-order valence-electron chi connectivity index (χ2n) is 7.23. The zero-order chi connectivity index (χ0) is 23.5. The summed E-state index contributed by atoms with van der Waals surface area (Å²) in [6.45, 7) is 2.30. The van der Waals surface area contributed by atoms with Gasteiger partial charge in [0.05, 0.1) is 30.9 Å². The maximum atomic E-state index is 13.2. The van der Waals surface area contributed by atoms with Crippen LogP contribution in [0, 0.1) is 0 Å². The maximum absolute atomic E-state index is 13.2. The Morgan fingerprint density at radius 2 is 1.97 bits per heavy atom. The van der Waals surface area contributed by atoms with Crippen LogP contribution in [0.1, 0.15) is 24.1 Å². The molecule has 1 fully saturated rings. The van der Waals surface area contributed by atoms with Gasteiger partial charge in [-0.1, -0.05) is 23.7 Å². The molecule has 1 amide bonds. The number of hydrogen-bond donors (Lipinski definition) is 1. The van der Waals surface area contributed by atoms with Gasteiger partial charge in [-0.25, -0.2) is 0 Å². The first kappa shape index (κ1) is 22.4. The fraction of sp³-hybridized carbons (Fsp3) is 0.160. The van der Waals surface area contributed by atoms with E-state index in [0.717, 1.165) is 0 Å². The van der Waals surface area contributed by atoms with Gasteiger partial charge in [0.2, 0.25) is 0 Å². The summed E-state index contributed by atoms with van der Waals surface area (Å²) in [5, 5.41) is 11.6. The van der Waals surface area contributed by atoms with Crippen LogP contribution >= 0.6 is 11.6 Å². The Morgan fingerprint density at radius 3 is 2.67 bits per heavy atom. The van der Waals surface area contributed by atoms with E-state index in [1.54, 1.807) is 60.9 Å². The van der Waals surface area contributed by atoms with E-state index in [1.165, 1.54) is 18.1 Å². The van der Waals surface area contributed by atoms with E-state index in [9.17, 15) is 14.7 Å². The zero-order valence-corrected chi connectivity index (χ0v) is 18.7. The van der Waals surface area contributed by atoms with Gasteiger partial charge < -0.3 is 14.6 Å². The van der Waals surface area contributed by atoms with E-state index >= 15 is 0 Å². The molecule has 0 spiro atoms. The smallest absolute Gasteiger partial charge is 0.300 e. The summed E-state index contributed by atoms with van der Waals surface area (Å²) in [7, 11) is 1.44. The lowest BCUT2D eigenvalue weighted by Gasteiger charge is -2.25. The highest BCUT2D eigenvalue weighted by Gasteiger charge is 2.47. The Balaban J connectivity index is 1.95. The third kappa shape index (κ3) is 4.15. The van der Waals surface area contributed by atoms with Crippen molar-refractivity contribution in [2.24, 2.45) is 0 Å². The van der Waals surface area contributed by atoms with E-state index in [1.807, 2.05) is 6.92 Å². The van der Waals surface area contributed by atoms with Crippen molar-refractivity contribution in [3.8, 4) is 11.5 Å². The number of hydrogen-bond acceptors (Lipinski definition) is 6. The fourth-order valence-electron chi connectivity index (χ4n) is 3.85. The van der Waals surface area contributed by atoms with Crippen LogP contribution in [-0.4, -0.2) is 35.5 Å². The first-order chi connectivity index (χ1) is 16.0. The third-order valence-corrected chi connectivity index (χ3v) is 5.50. The molecule has 7 nitrogen and oxygen atoms in total. The summed E-state index contributed by atoms with van der Waals surface area (Å²) in [5.41, 5.74) is 1.13. The highest BCUT2D eigenvalue weighted by molar-refractivity contribution is 6.51. The normalized spacial score (nSPS) is 17.3. The number of carbonyl (C=O) groups excluding carboxylic acids is 2. The Labute approximate surface area is 195 Å². The molecule has 4 rings (SSSR count). The molecule has 1 unspecified atom stereocenters. The SMILES string of the molecule is CCOc1cccc(N2C(=O)C(=O)/C(=C(/O)c3cc(Cl)ccc3OC)C2c2cccnc2)c1. The first-order valence-electron chi connectivity index (χ1n) is 10.2. The van der Waals surface area contributed by atoms with Gasteiger partial charge >= 0.3 is 0 Å². The molecule has 2 aromatic carbocycles. The number of carbonyl (C=O) groups is 2. The summed E-state index contributed by atoms with van der Waals surface area (Å²) < 4.78 is 10.9. The zero-order valence-electron chi connectivity index (χ0n) is 18.0. The number of Topliss-reactive ketones (excluding diaryl/α,β-unsaturated/α-hetero) is 1. The Morgan fingerprint density at radius 1 is 1.15 bits per heavy atom. The van der Waals surface area contributed by atoms with Crippen LogP contribution in [0.5, 0.6) is 11.5 Å². The Kier molecular flexibility index (Phi) is 6.33. The number of rotatable bonds is 6. The maximum Gasteiger partial charge on any atom is 0.300 e. The lowest BCUT2D eigenvalue weighted by Crippen LogP contribution is -2.29. The Hall–Kier alpha value is -3.84. The molecule has 8 heteroatoms. The van der Waals surface area contributed by atoms with E-state index in [-0.39, 0.29) is 16.9 Å². The number of anilines is 1. The minimum atomic E-state index is -0.917. The summed E-state index contributed by atoms with van der Waals surface area (Å²) in [5.74, 6) is -1.13. The average Bonchev–Trinajstić information content (AvgIpc) is 3.10. The molecule has 0 radical (unpaired) electrons. The third-order valence-electron chi connectivity index (χ3n) is 5.27. The summed E-state index contributed by atoms with van der Waals surface area (Å²) >= 11 is 6.14. The number of ketones is 1. The standard InChI is InChI=1S/C25H21ClN2O5/c1-3-33-18-8-4-7-17(13-18)28-22(15-6-5-11-27-14-15)21(24(30)25(28)31)23(29)19-12-16(26)9-10-20(19)32-2/h4-14,22,29H,3H2,1-2H3/b23-21+. The predicted octanol–water partition coefficient (Wildman–Crippen LogP) is 4.77. The predicted molar refractivity (Wildman–Crippen MR) is 125 cm³/mol. The highest BCUT2D eigenvalue weighted by atomic mass is 35.5. The fourth-order valence-corrected chi connectivity index (χ4v) is 4.02. The van der Waals surface area contributed by atoms with E-state index in [0.29, 0.717) is 34.4 Å². The topological polar surface area (TPSA) is 89.0 Å². The molecule has 1 N–H and O–H groups in total. The Bertz CT molecular complexity index is 1240. The van der Waals surface area contributed by atoms with Gasteiger partial charge in [-0.15, -0.1) is 0 Å². The molecule has 2 heterocycles. The van der Waals surface area contributed by atoms with Gasteiger partial charge in [-0.3, -0.25) is 19.5 Å². The van der Waals surface area contributed by atoms with Crippen molar-refractivity contribution in [1.82, 2.24) is 4.98 Å². The molecular formula is C25H21ClN2O5. The quantitative estimate of drug-likeness (QED) is 0.321. The number of pyridine rings is 1. The number of ether oxygens (including phenoxy) is 2. The number of aromatic nitrogens is 1. The second-order valence-corrected chi connectivity index (χ2v) is 7.67. The summed E-state index contributed by atoms with van der Waals surface area (Å²) in [6.07, 6.45) is 3.14. The van der Waals surface area contributed by atoms with E-state index < -0.39 is 17.7 Å². The van der Waals surface area contributed by atoms with Gasteiger partial charge in [0.15, 0.2) is 0 Å². The van der Waals surface area contributed by atoms with Crippen LogP contribution < -0.4 is 14.4 Å². The van der Waals surface area contributed by atoms with Gasteiger partial charge in [0.25, 0.3) is 11.7 Å². The molecule has 1 aliphatic rings. The van der Waals surface area contributed by atoms with Crippen molar-refractivity contribution in [2.75, 3.05) is 18.6 Å². The van der Waals surface area contributed by atoms with Crippen molar-refractivity contribution < 1.29 is 24.2 Å². The number of nitrogens with zero attached hydrogens (tertiary/aromatic N) is 2. The van der Waals surface area contributed by atoms with E-state index in [4.69, 9.17) is 21.1 Å². The van der Waals surface area contributed by atoms with Crippen molar-refractivity contribution in [2.45, 2.75) is 13.0 Å². The van der Waals surface area contributed by atoms with Crippen molar-refractivity contribution in [3.05, 3.63) is 88.7 Å². The molecule has 33 heavy (non-hydrogen) atoms. The minimum absolute atomic E-state index is 0.0876. The van der Waals surface area contributed by atoms with Crippen LogP contribution in [0.4, 0.5) is 5.69 Å². The van der Waals surface area contributed by atoms with Crippen LogP contribution in [0.3, 0.4) is 0 Å². The minimum Gasteiger partial charge on any atom is -0.507 e. The van der Waals surface area contributed by atoms with Crippen LogP contribution in [0.15, 0.2) is 72.6 Å². The molecule has 1 saturated heterocycles. The van der Waals surface area contributed by atoms with Gasteiger partial charge in [0.1, 0.15) is 17.3 Å². The summed E-state index contributed by atoms with van der Waals surface area (Å²) in [4.78, 5) is 32.0. The van der Waals surface area contributed by atoms with Crippen LogP contribution in [0.25, 0.3) is 5.76 Å². The van der Waals surface area contributed by atoms with Gasteiger partial charge in [0, 0.05) is 29.2 Å². The molecule has 0 bridgehead atoms. The van der Waals surface area contributed by atoms with Crippen molar-refractivity contribution in [3.63, 3.8) is 0 Å². The second kappa shape index (κ2) is 9.34. The van der Waals surface area contributed by atoms with Gasteiger partial charge in [-0.05, 0) is 48.9 Å². The molecule has 0 saturated carbocycles. The molecule has 3 aromatic rings. The number of benzene rings is 2. The number of amides is 1. The average molecular weight is 465 g/mol. The number of aliphatic hydroxyl groups excluding tert-OH is 1. The van der Waals surface area contributed by atoms with Gasteiger partial charge in [-0.2, -0.15) is 0 Å². The molecular weight excluding hydrogens is 444 g/mol. The van der Waals surface area contributed by atoms with Crippen LogP contribution in [0.2, 0.25) is 5.02 Å². The molecule has 168 valence electrons. The van der Waals surface area contributed by atoms with E-state index in [2.05, 4.69) is 4.98 Å². The van der Waals surface area contributed by atoms with Crippen molar-refractivity contribution in [1.29, 1.82) is 0 Å². The molecule has 0 aliphatic carbocycles. The molecule has 1 aliphatic heterocycles. The monoisotopic (exact) mass is 464 g/mol. The lowest BCUT2D eigenvalue weighted by molar-refractivity contribution is -0.132. The van der Waals surface area contributed by atoms with Crippen LogP contribution in [-0.2, 0) is 9.59 Å². The lowest BCUT2D eigenvalue weighted by atomic mass is 9.96. The number of methoxy groups -OCH3 is 1.